The summed E-state index contributed by atoms with van der Waals surface area (Å²) in [5.41, 5.74) is -0.378. The zero-order valence-corrected chi connectivity index (χ0v) is 11.3. The number of alkyl halides is 3. The Morgan fingerprint density at radius 2 is 1.90 bits per heavy atom. The van der Waals surface area contributed by atoms with Gasteiger partial charge in [0.2, 0.25) is 0 Å². The van der Waals surface area contributed by atoms with Crippen molar-refractivity contribution in [1.82, 2.24) is 5.32 Å². The van der Waals surface area contributed by atoms with Crippen molar-refractivity contribution in [3.8, 4) is 0 Å². The normalized spacial score (nSPS) is 23.6. The Bertz CT molecular complexity index is 467. The monoisotopic (exact) mass is 285 g/mol. The molecule has 1 saturated heterocycles. The van der Waals surface area contributed by atoms with Crippen molar-refractivity contribution in [2.75, 3.05) is 0 Å². The zero-order chi connectivity index (χ0) is 14.8. The van der Waals surface area contributed by atoms with Crippen LogP contribution in [0.1, 0.15) is 48.5 Å². The topological polar surface area (TPSA) is 29.1 Å². The highest BCUT2D eigenvalue weighted by Crippen LogP contribution is 2.29. The summed E-state index contributed by atoms with van der Waals surface area (Å²) in [6.07, 6.45) is -0.890. The van der Waals surface area contributed by atoms with Crippen molar-refractivity contribution >= 4 is 5.78 Å². The summed E-state index contributed by atoms with van der Waals surface area (Å²) < 4.78 is 37.3. The first-order valence-electron chi connectivity index (χ1n) is 6.83. The summed E-state index contributed by atoms with van der Waals surface area (Å²) in [4.78, 5) is 12.1. The van der Waals surface area contributed by atoms with Crippen molar-refractivity contribution < 1.29 is 18.0 Å². The van der Waals surface area contributed by atoms with E-state index in [1.807, 2.05) is 0 Å². The van der Waals surface area contributed by atoms with Gasteiger partial charge in [-0.1, -0.05) is 18.6 Å². The summed E-state index contributed by atoms with van der Waals surface area (Å²) in [5, 5.41) is 3.35. The Kier molecular flexibility index (Phi) is 4.48. The number of benzene rings is 1. The van der Waals surface area contributed by atoms with E-state index in [-0.39, 0.29) is 11.8 Å². The fourth-order valence-electron chi connectivity index (χ4n) is 2.59. The van der Waals surface area contributed by atoms with E-state index in [1.54, 1.807) is 0 Å². The molecule has 0 bridgehead atoms. The molecule has 0 aromatic heterocycles. The lowest BCUT2D eigenvalue weighted by Crippen LogP contribution is -2.41. The molecular weight excluding hydrogens is 267 g/mol. The highest BCUT2D eigenvalue weighted by atomic mass is 19.4. The number of nitrogens with one attached hydrogen (secondary N) is 1. The number of piperidine rings is 1. The molecule has 1 heterocycles. The molecule has 2 unspecified atom stereocenters. The van der Waals surface area contributed by atoms with Gasteiger partial charge in [0.1, 0.15) is 0 Å². The molecule has 5 heteroatoms. The molecule has 2 rings (SSSR count). The highest BCUT2D eigenvalue weighted by molar-refractivity contribution is 5.96. The molecule has 0 saturated carbocycles. The molecular formula is C15H18F3NO. The lowest BCUT2D eigenvalue weighted by molar-refractivity contribution is -0.137. The molecule has 20 heavy (non-hydrogen) atoms. The number of carbonyl (C=O) groups excluding carboxylic acids is 1. The van der Waals surface area contributed by atoms with Gasteiger partial charge in [-0.05, 0) is 31.9 Å². The van der Waals surface area contributed by atoms with E-state index in [4.69, 9.17) is 0 Å². The van der Waals surface area contributed by atoms with E-state index in [0.29, 0.717) is 18.0 Å². The predicted octanol–water partition coefficient (Wildman–Crippen LogP) is 3.81. The van der Waals surface area contributed by atoms with E-state index in [1.165, 1.54) is 12.1 Å². The van der Waals surface area contributed by atoms with Crippen molar-refractivity contribution in [3.63, 3.8) is 0 Å². The van der Waals surface area contributed by atoms with Crippen LogP contribution in [0.15, 0.2) is 24.3 Å². The van der Waals surface area contributed by atoms with Crippen LogP contribution < -0.4 is 5.32 Å². The van der Waals surface area contributed by atoms with Gasteiger partial charge in [0, 0.05) is 24.1 Å². The maximum Gasteiger partial charge on any atom is 0.416 e. The van der Waals surface area contributed by atoms with E-state index in [9.17, 15) is 18.0 Å². The third kappa shape index (κ3) is 3.82. The van der Waals surface area contributed by atoms with Crippen molar-refractivity contribution in [1.29, 1.82) is 0 Å². The molecule has 110 valence electrons. The predicted molar refractivity (Wildman–Crippen MR) is 70.6 cm³/mol. The second-order valence-corrected chi connectivity index (χ2v) is 5.40. The van der Waals surface area contributed by atoms with Crippen LogP contribution in [0.3, 0.4) is 0 Å². The van der Waals surface area contributed by atoms with Gasteiger partial charge in [-0.2, -0.15) is 13.2 Å². The number of ketones is 1. The summed E-state index contributed by atoms with van der Waals surface area (Å²) in [5.74, 6) is -0.106. The average Bonchev–Trinajstić information content (AvgIpc) is 2.38. The zero-order valence-electron chi connectivity index (χ0n) is 11.3. The van der Waals surface area contributed by atoms with Crippen LogP contribution in [-0.4, -0.2) is 17.9 Å². The summed E-state index contributed by atoms with van der Waals surface area (Å²) in [6.45, 7) is 2.08. The lowest BCUT2D eigenvalue weighted by atomic mass is 9.94. The van der Waals surface area contributed by atoms with Crippen LogP contribution in [0.2, 0.25) is 0 Å². The number of halogens is 3. The smallest absolute Gasteiger partial charge is 0.311 e. The number of carbonyl (C=O) groups is 1. The molecule has 2 atom stereocenters. The number of hydrogen-bond acceptors (Lipinski definition) is 2. The Morgan fingerprint density at radius 3 is 2.45 bits per heavy atom. The average molecular weight is 285 g/mol. The number of rotatable bonds is 3. The molecule has 1 aliphatic heterocycles. The maximum absolute atomic E-state index is 12.4. The van der Waals surface area contributed by atoms with Crippen molar-refractivity contribution in [2.45, 2.75) is 50.9 Å². The quantitative estimate of drug-likeness (QED) is 0.856. The molecule has 2 nitrogen and oxygen atoms in total. The Balaban J connectivity index is 1.99. The van der Waals surface area contributed by atoms with Gasteiger partial charge in [0.15, 0.2) is 5.78 Å². The Hall–Kier alpha value is -1.36. The summed E-state index contributed by atoms with van der Waals surface area (Å²) in [6, 6.07) is 4.98. The van der Waals surface area contributed by atoms with Gasteiger partial charge in [0.25, 0.3) is 0 Å². The Labute approximate surface area is 116 Å². The standard InChI is InChI=1S/C15H18F3NO/c1-10-3-2-4-13(19-10)9-14(20)11-5-7-12(8-6-11)15(16,17)18/h5-8,10,13,19H,2-4,9H2,1H3. The fourth-order valence-corrected chi connectivity index (χ4v) is 2.59. The van der Waals surface area contributed by atoms with Gasteiger partial charge >= 0.3 is 6.18 Å². The molecule has 1 fully saturated rings. The minimum absolute atomic E-state index is 0.106. The molecule has 0 radical (unpaired) electrons. The number of Topliss-reactive ketones (excluding diaryl/α,β-unsaturated/α-hetero) is 1. The van der Waals surface area contributed by atoms with E-state index >= 15 is 0 Å². The van der Waals surface area contributed by atoms with Crippen LogP contribution in [-0.2, 0) is 6.18 Å². The number of hydrogen-bond donors (Lipinski definition) is 1. The molecule has 0 amide bonds. The van der Waals surface area contributed by atoms with Gasteiger partial charge in [-0.15, -0.1) is 0 Å². The van der Waals surface area contributed by atoms with E-state index in [0.717, 1.165) is 31.4 Å². The van der Waals surface area contributed by atoms with Gasteiger partial charge in [-0.3, -0.25) is 4.79 Å². The van der Waals surface area contributed by atoms with Gasteiger partial charge in [0.05, 0.1) is 5.56 Å². The highest BCUT2D eigenvalue weighted by Gasteiger charge is 2.30. The second-order valence-electron chi connectivity index (χ2n) is 5.40. The first-order chi connectivity index (χ1) is 9.36. The molecule has 1 aromatic carbocycles. The van der Waals surface area contributed by atoms with Crippen molar-refractivity contribution in [2.24, 2.45) is 0 Å². The maximum atomic E-state index is 12.4. The molecule has 1 aromatic rings. The summed E-state index contributed by atoms with van der Waals surface area (Å²) in [7, 11) is 0. The molecule has 1 N–H and O–H groups in total. The van der Waals surface area contributed by atoms with Crippen LogP contribution in [0, 0.1) is 0 Å². The minimum atomic E-state index is -4.36. The Morgan fingerprint density at radius 1 is 1.25 bits per heavy atom. The van der Waals surface area contributed by atoms with Crippen LogP contribution in [0.5, 0.6) is 0 Å². The first-order valence-corrected chi connectivity index (χ1v) is 6.83. The largest absolute Gasteiger partial charge is 0.416 e. The second kappa shape index (κ2) is 5.95. The SMILES string of the molecule is CC1CCCC(CC(=O)c2ccc(C(F)(F)F)cc2)N1. The minimum Gasteiger partial charge on any atom is -0.311 e. The first kappa shape index (κ1) is 15.0. The van der Waals surface area contributed by atoms with Gasteiger partial charge in [-0.25, -0.2) is 0 Å². The van der Waals surface area contributed by atoms with Crippen LogP contribution in [0.25, 0.3) is 0 Å². The molecule has 0 aliphatic carbocycles. The molecule has 1 aliphatic rings. The third-order valence-corrected chi connectivity index (χ3v) is 3.68. The van der Waals surface area contributed by atoms with E-state index < -0.39 is 11.7 Å². The van der Waals surface area contributed by atoms with Crippen molar-refractivity contribution in [3.05, 3.63) is 35.4 Å². The molecule has 0 spiro atoms. The third-order valence-electron chi connectivity index (χ3n) is 3.68. The van der Waals surface area contributed by atoms with Gasteiger partial charge < -0.3 is 5.32 Å². The fraction of sp³-hybridized carbons (Fsp3) is 0.533. The van der Waals surface area contributed by atoms with Crippen LogP contribution in [0.4, 0.5) is 13.2 Å². The van der Waals surface area contributed by atoms with Crippen LogP contribution >= 0.6 is 0 Å². The summed E-state index contributed by atoms with van der Waals surface area (Å²) >= 11 is 0. The lowest BCUT2D eigenvalue weighted by Gasteiger charge is -2.28. The van der Waals surface area contributed by atoms with E-state index in [2.05, 4.69) is 12.2 Å².